The zero-order valence-electron chi connectivity index (χ0n) is 18.2. The number of carbonyl (C=O) groups excluding carboxylic acids is 2. The van der Waals surface area contributed by atoms with Crippen molar-refractivity contribution in [1.29, 1.82) is 0 Å². The summed E-state index contributed by atoms with van der Waals surface area (Å²) in [5, 5.41) is 4.20. The van der Waals surface area contributed by atoms with Gasteiger partial charge in [-0.1, -0.05) is 41.4 Å². The lowest BCUT2D eigenvalue weighted by Crippen LogP contribution is -2.40. The number of likely N-dealkylation sites (tertiary alicyclic amines) is 1. The van der Waals surface area contributed by atoms with Crippen molar-refractivity contribution < 1.29 is 14.3 Å². The molecule has 32 heavy (non-hydrogen) atoms. The number of benzene rings is 2. The van der Waals surface area contributed by atoms with E-state index in [0.717, 1.165) is 29.8 Å². The molecule has 2 aliphatic rings. The predicted octanol–water partition coefficient (Wildman–Crippen LogP) is 5.13. The van der Waals surface area contributed by atoms with Gasteiger partial charge in [0.1, 0.15) is 6.10 Å². The van der Waals surface area contributed by atoms with Crippen molar-refractivity contribution in [3.05, 3.63) is 63.1 Å². The molecule has 1 atom stereocenters. The molecular formula is C24H27Cl2N3O3. The second-order valence-electron chi connectivity index (χ2n) is 8.53. The average Bonchev–Trinajstić information content (AvgIpc) is 2.74. The Kier molecular flexibility index (Phi) is 6.93. The molecule has 0 bridgehead atoms. The summed E-state index contributed by atoms with van der Waals surface area (Å²) >= 11 is 12.8. The Morgan fingerprint density at radius 3 is 2.53 bits per heavy atom. The number of amides is 2. The maximum Gasteiger partial charge on any atom is 0.411 e. The van der Waals surface area contributed by atoms with Gasteiger partial charge < -0.3 is 14.5 Å². The van der Waals surface area contributed by atoms with Crippen LogP contribution in [0.1, 0.15) is 42.4 Å². The third kappa shape index (κ3) is 5.03. The fourth-order valence-corrected chi connectivity index (χ4v) is 5.17. The normalized spacial score (nSPS) is 19.4. The highest BCUT2D eigenvalue weighted by atomic mass is 35.5. The van der Waals surface area contributed by atoms with Crippen LogP contribution in [0.4, 0.5) is 10.5 Å². The van der Waals surface area contributed by atoms with Crippen LogP contribution in [0.2, 0.25) is 10.0 Å². The Balaban J connectivity index is 1.52. The second-order valence-corrected chi connectivity index (χ2v) is 9.37. The second kappa shape index (κ2) is 9.69. The Bertz CT molecular complexity index is 1020. The SMILES string of the molecule is CC(=O)N1CCC(OC(=O)Nc2ccccc2C2CN(C)Cc3c(Cl)cc(Cl)cc32)CC1. The van der Waals surface area contributed by atoms with E-state index in [1.807, 2.05) is 30.3 Å². The topological polar surface area (TPSA) is 61.9 Å². The summed E-state index contributed by atoms with van der Waals surface area (Å²) in [4.78, 5) is 28.2. The molecule has 0 aromatic heterocycles. The molecule has 4 rings (SSSR count). The largest absolute Gasteiger partial charge is 0.446 e. The van der Waals surface area contributed by atoms with E-state index >= 15 is 0 Å². The van der Waals surface area contributed by atoms with Gasteiger partial charge in [-0.15, -0.1) is 0 Å². The number of halogens is 2. The van der Waals surface area contributed by atoms with Crippen LogP contribution in [0.3, 0.4) is 0 Å². The number of anilines is 1. The number of nitrogens with one attached hydrogen (secondary N) is 1. The Labute approximate surface area is 198 Å². The number of para-hydroxylation sites is 1. The van der Waals surface area contributed by atoms with E-state index in [0.29, 0.717) is 41.7 Å². The lowest BCUT2D eigenvalue weighted by atomic mass is 9.84. The summed E-state index contributed by atoms with van der Waals surface area (Å²) in [5.74, 6) is 0.0648. The summed E-state index contributed by atoms with van der Waals surface area (Å²) in [6.45, 7) is 4.30. The number of rotatable bonds is 3. The summed E-state index contributed by atoms with van der Waals surface area (Å²) in [6, 6.07) is 11.5. The van der Waals surface area contributed by atoms with E-state index < -0.39 is 6.09 Å². The van der Waals surface area contributed by atoms with E-state index in [9.17, 15) is 9.59 Å². The first-order valence-electron chi connectivity index (χ1n) is 10.8. The van der Waals surface area contributed by atoms with Crippen LogP contribution in [0, 0.1) is 0 Å². The number of hydrogen-bond acceptors (Lipinski definition) is 4. The predicted molar refractivity (Wildman–Crippen MR) is 126 cm³/mol. The summed E-state index contributed by atoms with van der Waals surface area (Å²) in [5.41, 5.74) is 3.84. The van der Waals surface area contributed by atoms with Crippen molar-refractivity contribution in [3.8, 4) is 0 Å². The minimum atomic E-state index is -0.479. The van der Waals surface area contributed by atoms with Crippen LogP contribution >= 0.6 is 23.2 Å². The molecule has 2 heterocycles. The molecule has 2 aromatic carbocycles. The van der Waals surface area contributed by atoms with E-state index in [-0.39, 0.29) is 17.9 Å². The molecule has 0 spiro atoms. The summed E-state index contributed by atoms with van der Waals surface area (Å²) in [7, 11) is 2.05. The third-order valence-corrected chi connectivity index (χ3v) is 6.78. The number of likely N-dealkylation sites (N-methyl/N-ethyl adjacent to an activating group) is 1. The number of hydrogen-bond donors (Lipinski definition) is 1. The molecule has 6 nitrogen and oxygen atoms in total. The van der Waals surface area contributed by atoms with Crippen LogP contribution in [-0.4, -0.2) is 54.6 Å². The van der Waals surface area contributed by atoms with Gasteiger partial charge in [0.2, 0.25) is 5.91 Å². The van der Waals surface area contributed by atoms with Crippen LogP contribution in [0.15, 0.2) is 36.4 Å². The Hall–Kier alpha value is -2.28. The molecule has 1 fully saturated rings. The van der Waals surface area contributed by atoms with Crippen LogP contribution in [0.25, 0.3) is 0 Å². The first kappa shape index (κ1) is 22.9. The van der Waals surface area contributed by atoms with Gasteiger partial charge in [-0.05, 0) is 41.9 Å². The standard InChI is InChI=1S/C24H27Cl2N3O3/c1-15(30)29-9-7-17(8-10-29)32-24(31)27-23-6-4-3-5-18(23)20-13-28(2)14-21-19(20)11-16(25)12-22(21)26/h3-6,11-12,17,20H,7-10,13-14H2,1-2H3,(H,27,31). The molecular weight excluding hydrogens is 449 g/mol. The van der Waals surface area contributed by atoms with Gasteiger partial charge in [0.25, 0.3) is 0 Å². The van der Waals surface area contributed by atoms with E-state index in [2.05, 4.69) is 17.3 Å². The van der Waals surface area contributed by atoms with E-state index in [4.69, 9.17) is 27.9 Å². The van der Waals surface area contributed by atoms with Gasteiger partial charge in [0, 0.05) is 67.6 Å². The number of piperidine rings is 1. The molecule has 2 aromatic rings. The fourth-order valence-electron chi connectivity index (χ4n) is 4.61. The van der Waals surface area contributed by atoms with Crippen molar-refractivity contribution in [2.45, 2.75) is 38.3 Å². The van der Waals surface area contributed by atoms with Crippen molar-refractivity contribution in [3.63, 3.8) is 0 Å². The molecule has 2 aliphatic heterocycles. The van der Waals surface area contributed by atoms with E-state index in [1.54, 1.807) is 17.9 Å². The first-order valence-corrected chi connectivity index (χ1v) is 11.6. The Morgan fingerprint density at radius 2 is 1.81 bits per heavy atom. The highest BCUT2D eigenvalue weighted by molar-refractivity contribution is 6.35. The zero-order valence-corrected chi connectivity index (χ0v) is 19.7. The monoisotopic (exact) mass is 475 g/mol. The van der Waals surface area contributed by atoms with Crippen molar-refractivity contribution in [1.82, 2.24) is 9.80 Å². The fraction of sp³-hybridized carbons (Fsp3) is 0.417. The van der Waals surface area contributed by atoms with Crippen molar-refractivity contribution >= 4 is 40.9 Å². The average molecular weight is 476 g/mol. The third-order valence-electron chi connectivity index (χ3n) is 6.23. The number of carbonyl (C=O) groups is 2. The lowest BCUT2D eigenvalue weighted by Gasteiger charge is -2.34. The minimum Gasteiger partial charge on any atom is -0.446 e. The highest BCUT2D eigenvalue weighted by Crippen LogP contribution is 2.40. The van der Waals surface area contributed by atoms with Crippen LogP contribution in [-0.2, 0) is 16.1 Å². The first-order chi connectivity index (χ1) is 15.3. The molecule has 1 saturated heterocycles. The smallest absolute Gasteiger partial charge is 0.411 e. The van der Waals surface area contributed by atoms with Gasteiger partial charge >= 0.3 is 6.09 Å². The molecule has 1 unspecified atom stereocenters. The van der Waals surface area contributed by atoms with Gasteiger partial charge in [0.15, 0.2) is 0 Å². The summed E-state index contributed by atoms with van der Waals surface area (Å²) < 4.78 is 5.65. The quantitative estimate of drug-likeness (QED) is 0.667. The molecule has 2 amide bonds. The minimum absolute atomic E-state index is 0.00950. The maximum absolute atomic E-state index is 12.7. The number of nitrogens with zero attached hydrogens (tertiary/aromatic N) is 2. The lowest BCUT2D eigenvalue weighted by molar-refractivity contribution is -0.130. The van der Waals surface area contributed by atoms with Crippen molar-refractivity contribution in [2.24, 2.45) is 0 Å². The van der Waals surface area contributed by atoms with Gasteiger partial charge in [-0.25, -0.2) is 4.79 Å². The molecule has 0 saturated carbocycles. The Morgan fingerprint density at radius 1 is 1.09 bits per heavy atom. The zero-order chi connectivity index (χ0) is 22.8. The molecule has 0 aliphatic carbocycles. The maximum atomic E-state index is 12.7. The summed E-state index contributed by atoms with van der Waals surface area (Å²) in [6.07, 6.45) is 0.614. The molecule has 0 radical (unpaired) electrons. The number of fused-ring (bicyclic) bond motifs is 1. The molecule has 170 valence electrons. The van der Waals surface area contributed by atoms with E-state index in [1.165, 1.54) is 0 Å². The van der Waals surface area contributed by atoms with Gasteiger partial charge in [-0.3, -0.25) is 10.1 Å². The molecule has 1 N–H and O–H groups in total. The van der Waals surface area contributed by atoms with Gasteiger partial charge in [0.05, 0.1) is 0 Å². The van der Waals surface area contributed by atoms with Crippen LogP contribution in [0.5, 0.6) is 0 Å². The highest BCUT2D eigenvalue weighted by Gasteiger charge is 2.29. The van der Waals surface area contributed by atoms with Crippen molar-refractivity contribution in [2.75, 3.05) is 32.0 Å². The number of ether oxygens (including phenoxy) is 1. The molecule has 8 heteroatoms. The van der Waals surface area contributed by atoms with Gasteiger partial charge in [-0.2, -0.15) is 0 Å². The van der Waals surface area contributed by atoms with Crippen LogP contribution < -0.4 is 5.32 Å².